The number of nitrogens with zero attached hydrogens (tertiary/aromatic N) is 4. The number of phosphoric acid groups is 3. The van der Waals surface area contributed by atoms with Crippen LogP contribution in [0.3, 0.4) is 0 Å². The average molecular weight is 1250 g/mol. The highest BCUT2D eigenvalue weighted by Gasteiger charge is 2.46. The van der Waals surface area contributed by atoms with Crippen molar-refractivity contribution in [2.75, 3.05) is 42.8 Å². The molecule has 3 aliphatic heterocycles. The number of benzene rings is 2. The molecule has 1 fully saturated rings. The van der Waals surface area contributed by atoms with Gasteiger partial charge in [0.2, 0.25) is 11.6 Å². The third-order valence-electron chi connectivity index (χ3n) is 13.1. The number of likely N-dealkylation sites (N-methyl/N-ethyl adjacent to an activating group) is 1. The lowest BCUT2D eigenvalue weighted by atomic mass is 9.81. The second-order valence-corrected chi connectivity index (χ2v) is 30.4. The van der Waals surface area contributed by atoms with Crippen LogP contribution in [0.25, 0.3) is 0 Å². The van der Waals surface area contributed by atoms with Crippen LogP contribution in [0.2, 0.25) is 0 Å². The van der Waals surface area contributed by atoms with Gasteiger partial charge in [-0.2, -0.15) is 18.2 Å². The number of carbonyl (C=O) groups is 1. The second kappa shape index (κ2) is 25.5. The number of amides is 1. The van der Waals surface area contributed by atoms with Gasteiger partial charge < -0.3 is 54.1 Å². The highest BCUT2D eigenvalue weighted by molar-refractivity contribution is 8.77. The fourth-order valence-electron chi connectivity index (χ4n) is 9.33. The molecule has 33 heteroatoms. The summed E-state index contributed by atoms with van der Waals surface area (Å²) in [5, 5.41) is 2.96. The van der Waals surface area contributed by atoms with Gasteiger partial charge in [-0.3, -0.25) is 13.9 Å². The molecule has 0 saturated carbocycles. The maximum absolute atomic E-state index is 13.1. The Kier molecular flexibility index (Phi) is 20.8. The Morgan fingerprint density at radius 2 is 1.60 bits per heavy atom. The van der Waals surface area contributed by atoms with E-state index >= 15 is 0 Å². The van der Waals surface area contributed by atoms with Gasteiger partial charge in [0, 0.05) is 77.8 Å². The van der Waals surface area contributed by atoms with Gasteiger partial charge in [0.1, 0.15) is 50.9 Å². The van der Waals surface area contributed by atoms with Gasteiger partial charge in [-0.1, -0.05) is 53.7 Å². The lowest BCUT2D eigenvalue weighted by Crippen LogP contribution is -2.35. The van der Waals surface area contributed by atoms with Crippen molar-refractivity contribution in [3.63, 3.8) is 0 Å². The quantitative estimate of drug-likeness (QED) is 0.00922. The molecule has 442 valence electrons. The fourth-order valence-corrected chi connectivity index (χ4v) is 15.5. The number of allylic oxidation sites excluding steroid dienone is 6. The van der Waals surface area contributed by atoms with E-state index in [1.54, 1.807) is 12.1 Å². The SMILES string of the molecule is CCN1/C(=C/C=C/C=C/C2=[N+](CCCCCC(=O)NCC(C)(C)SSCO[C@@H]3C[C@H](n4ccc(N)nc4=O)O[C@@H]3COP(=O)(O)OP(=O)(O)OP(=O)(O)O)c3ccc(S(=O)(=O)[O-])cc3C2(C)C)C(C)(C)c2cc(S(=O)(=O)[O-])ccc21. The molecule has 5 atom stereocenters. The molecule has 0 spiro atoms. The summed E-state index contributed by atoms with van der Waals surface area (Å²) in [7, 11) is -23.7. The molecule has 1 aromatic heterocycles. The number of unbranched alkanes of at least 4 members (excludes halogenated alkanes) is 2. The normalized spacial score (nSPS) is 21.3. The maximum atomic E-state index is 13.1. The number of nitrogens with two attached hydrogens (primary N) is 1. The van der Waals surface area contributed by atoms with Crippen LogP contribution in [0.15, 0.2) is 99.3 Å². The fraction of sp³-hybridized carbons (Fsp3) is 0.489. The molecule has 0 aliphatic carbocycles. The van der Waals surface area contributed by atoms with Crippen LogP contribution < -0.4 is 21.6 Å². The van der Waals surface area contributed by atoms with Gasteiger partial charge in [0.25, 0.3) is 0 Å². The number of ether oxygens (including phenoxy) is 2. The largest absolute Gasteiger partial charge is 0.744 e. The molecular formula is C47H64N6O20P3S4-. The first kappa shape index (κ1) is 65.3. The molecule has 0 bridgehead atoms. The Bertz CT molecular complexity index is 3400. The maximum Gasteiger partial charge on any atom is 0.490 e. The van der Waals surface area contributed by atoms with E-state index in [4.69, 9.17) is 29.5 Å². The van der Waals surface area contributed by atoms with Gasteiger partial charge >= 0.3 is 29.2 Å². The average Bonchev–Trinajstić information content (AvgIpc) is 3.90. The number of phosphoric ester groups is 1. The van der Waals surface area contributed by atoms with E-state index in [0.717, 1.165) is 32.9 Å². The van der Waals surface area contributed by atoms with E-state index in [9.17, 15) is 59.0 Å². The van der Waals surface area contributed by atoms with E-state index in [1.807, 2.05) is 78.8 Å². The summed E-state index contributed by atoms with van der Waals surface area (Å²) in [5.41, 5.74) is 8.17. The summed E-state index contributed by atoms with van der Waals surface area (Å²) in [4.78, 5) is 68.0. The zero-order valence-corrected chi connectivity index (χ0v) is 50.4. The van der Waals surface area contributed by atoms with E-state index in [0.29, 0.717) is 37.9 Å². The van der Waals surface area contributed by atoms with Gasteiger partial charge in [0.05, 0.1) is 27.9 Å². The molecule has 3 aromatic rings. The molecule has 2 unspecified atom stereocenters. The molecule has 80 heavy (non-hydrogen) atoms. The first-order valence-electron chi connectivity index (χ1n) is 24.6. The van der Waals surface area contributed by atoms with Crippen molar-refractivity contribution in [1.29, 1.82) is 0 Å². The monoisotopic (exact) mass is 1250 g/mol. The van der Waals surface area contributed by atoms with E-state index in [1.165, 1.54) is 58.1 Å². The highest BCUT2D eigenvalue weighted by Crippen LogP contribution is 2.66. The minimum Gasteiger partial charge on any atom is -0.744 e. The number of anilines is 2. The third kappa shape index (κ3) is 16.9. The van der Waals surface area contributed by atoms with Crippen molar-refractivity contribution in [2.45, 2.75) is 124 Å². The molecule has 1 amide bonds. The molecule has 3 aliphatic rings. The first-order valence-corrected chi connectivity index (χ1v) is 34.3. The van der Waals surface area contributed by atoms with Crippen molar-refractivity contribution in [2.24, 2.45) is 0 Å². The Morgan fingerprint density at radius 1 is 0.938 bits per heavy atom. The molecule has 26 nitrogen and oxygen atoms in total. The summed E-state index contributed by atoms with van der Waals surface area (Å²) in [6.45, 7) is 14.1. The molecule has 2 aromatic carbocycles. The number of carbonyl (C=O) groups excluding carboxylic acids is 1. The van der Waals surface area contributed by atoms with Crippen molar-refractivity contribution < 1.29 is 91.2 Å². The number of rotatable bonds is 27. The van der Waals surface area contributed by atoms with Crippen LogP contribution >= 0.6 is 45.1 Å². The van der Waals surface area contributed by atoms with Gasteiger partial charge in [-0.25, -0.2) is 35.3 Å². The Morgan fingerprint density at radius 3 is 2.24 bits per heavy atom. The minimum atomic E-state index is -5.80. The number of nitrogen functional groups attached to an aromatic ring is 1. The van der Waals surface area contributed by atoms with Crippen molar-refractivity contribution in [1.82, 2.24) is 14.9 Å². The topological polar surface area (TPSA) is 389 Å². The summed E-state index contributed by atoms with van der Waals surface area (Å²) in [5.74, 6) is -0.253. The number of hydrogen-bond acceptors (Lipinski definition) is 21. The van der Waals surface area contributed by atoms with Crippen LogP contribution in [0.4, 0.5) is 17.2 Å². The highest BCUT2D eigenvalue weighted by atomic mass is 33.1. The molecular weight excluding hydrogens is 1190 g/mol. The number of aromatic nitrogens is 2. The predicted molar refractivity (Wildman–Crippen MR) is 296 cm³/mol. The van der Waals surface area contributed by atoms with Gasteiger partial charge in [-0.15, -0.1) is 0 Å². The lowest BCUT2D eigenvalue weighted by molar-refractivity contribution is -0.438. The van der Waals surface area contributed by atoms with E-state index in [-0.39, 0.29) is 46.8 Å². The predicted octanol–water partition coefficient (Wildman–Crippen LogP) is 6.33. The third-order valence-corrected chi connectivity index (χ3v) is 21.5. The summed E-state index contributed by atoms with van der Waals surface area (Å²) < 4.78 is 134. The Balaban J connectivity index is 1.02. The van der Waals surface area contributed by atoms with Crippen LogP contribution in [0.5, 0.6) is 0 Å². The van der Waals surface area contributed by atoms with Crippen LogP contribution in [0, 0.1) is 0 Å². The van der Waals surface area contributed by atoms with E-state index < -0.39 is 90.0 Å². The molecule has 4 heterocycles. The Labute approximate surface area is 471 Å². The van der Waals surface area contributed by atoms with Crippen LogP contribution in [-0.4, -0.2) is 120 Å². The molecule has 1 saturated heterocycles. The smallest absolute Gasteiger partial charge is 0.490 e. The first-order chi connectivity index (χ1) is 36.9. The second-order valence-electron chi connectivity index (χ2n) is 20.3. The summed E-state index contributed by atoms with van der Waals surface area (Å²) in [6.07, 6.45) is 9.64. The van der Waals surface area contributed by atoms with E-state index in [2.05, 4.69) is 28.4 Å². The zero-order chi connectivity index (χ0) is 59.4. The summed E-state index contributed by atoms with van der Waals surface area (Å²) >= 11 is 0. The zero-order valence-electron chi connectivity index (χ0n) is 44.5. The molecule has 7 N–H and O–H groups in total. The van der Waals surface area contributed by atoms with Crippen molar-refractivity contribution in [3.05, 3.63) is 106 Å². The lowest BCUT2D eigenvalue weighted by Gasteiger charge is -2.25. The van der Waals surface area contributed by atoms with Gasteiger partial charge in [0.15, 0.2) is 5.71 Å². The van der Waals surface area contributed by atoms with Crippen LogP contribution in [-0.2, 0) is 72.2 Å². The Hall–Kier alpha value is -3.87. The number of fused-ring (bicyclic) bond motifs is 2. The van der Waals surface area contributed by atoms with Crippen molar-refractivity contribution >= 4 is 94.1 Å². The molecule has 0 radical (unpaired) electrons. The summed E-state index contributed by atoms with van der Waals surface area (Å²) in [6, 6.07) is 10.1. The minimum absolute atomic E-state index is 0.0121. The van der Waals surface area contributed by atoms with Crippen LogP contribution in [0.1, 0.15) is 97.9 Å². The standard InChI is InChI=1S/C47H65N6O20P3S4/c1-8-51-35-20-18-31(79(63,64)65)25-33(35)46(4,5)39(51)15-11-9-12-16-40-47(6,7)34-26-32(80(66,67)68)19-21-36(34)52(40)23-14-10-13-17-42(54)49-29-45(2,3)78-77-30-69-37-27-43(53-24-22-41(48)50-44(53)55)71-38(37)28-70-75(59,60)73-76(61,62)72-74(56,57)58/h9,11-12,15-16,18-22,24-26,37-38,43H,8,10,13-14,17,23,27-30H2,1-7H3,(H8-,48,49,50,54,55,56,57,58,59,60,61,62,63,64,65,66,67,68)/p-1/t37-,38-,43-/m1/s1. The number of hydrogen-bond donors (Lipinski definition) is 6. The van der Waals surface area contributed by atoms with Crippen molar-refractivity contribution in [3.8, 4) is 0 Å². The molecule has 6 rings (SSSR count). The number of nitrogens with one attached hydrogen (secondary N) is 1. The van der Waals surface area contributed by atoms with Gasteiger partial charge in [-0.05, 0) is 95.5 Å².